The Kier molecular flexibility index (Phi) is 7.07. The van der Waals surface area contributed by atoms with Gasteiger partial charge in [-0.25, -0.2) is 0 Å². The van der Waals surface area contributed by atoms with Gasteiger partial charge in [0.1, 0.15) is 0 Å². The first kappa shape index (κ1) is 16.1. The van der Waals surface area contributed by atoms with Crippen LogP contribution in [0.2, 0.25) is 0 Å². The van der Waals surface area contributed by atoms with Crippen molar-refractivity contribution in [1.82, 2.24) is 5.32 Å². The molecule has 4 nitrogen and oxygen atoms in total. The monoisotopic (exact) mass is 243 g/mol. The summed E-state index contributed by atoms with van der Waals surface area (Å²) < 4.78 is 4.80. The topological polar surface area (TPSA) is 58.6 Å². The second-order valence-corrected chi connectivity index (χ2v) is 5.27. The molecule has 0 aromatic rings. The van der Waals surface area contributed by atoms with Crippen molar-refractivity contribution in [2.24, 2.45) is 5.41 Å². The lowest BCUT2D eigenvalue weighted by Gasteiger charge is -2.19. The number of aliphatic hydroxyl groups is 1. The summed E-state index contributed by atoms with van der Waals surface area (Å²) in [5, 5.41) is 12.1. The van der Waals surface area contributed by atoms with Crippen LogP contribution in [0, 0.1) is 5.41 Å². The summed E-state index contributed by atoms with van der Waals surface area (Å²) in [7, 11) is 1.54. The molecule has 2 N–H and O–H groups in total. The second-order valence-electron chi connectivity index (χ2n) is 5.27. The van der Waals surface area contributed by atoms with Gasteiger partial charge in [0.2, 0.25) is 5.91 Å². The van der Waals surface area contributed by atoms with Crippen LogP contribution in [0.4, 0.5) is 0 Å². The van der Waals surface area contributed by atoms with Crippen LogP contribution < -0.4 is 5.32 Å². The molecule has 0 spiro atoms. The highest BCUT2D eigenvalue weighted by Gasteiger charge is 2.13. The zero-order valence-electron chi connectivity index (χ0n) is 11.5. The van der Waals surface area contributed by atoms with Gasteiger partial charge in [0.25, 0.3) is 0 Å². The first-order valence-corrected chi connectivity index (χ1v) is 5.91. The molecule has 0 radical (unpaired) electrons. The number of methoxy groups -OCH3 is 1. The summed E-state index contributed by atoms with van der Waals surface area (Å²) >= 11 is 0. The van der Waals surface area contributed by atoms with E-state index < -0.39 is 6.10 Å². The van der Waals surface area contributed by atoms with Crippen molar-refractivity contribution in [1.29, 1.82) is 0 Å². The molecule has 17 heavy (non-hydrogen) atoms. The molecule has 0 aromatic heterocycles. The van der Waals surface area contributed by atoms with Crippen LogP contribution in [0.5, 0.6) is 0 Å². The Labute approximate surface area is 104 Å². The fourth-order valence-corrected chi connectivity index (χ4v) is 1.10. The van der Waals surface area contributed by atoms with E-state index in [2.05, 4.69) is 26.1 Å². The first-order valence-electron chi connectivity index (χ1n) is 5.91. The number of carbonyl (C=O) groups is 1. The summed E-state index contributed by atoms with van der Waals surface area (Å²) in [6.07, 6.45) is 1.60. The van der Waals surface area contributed by atoms with Crippen molar-refractivity contribution < 1.29 is 14.6 Å². The van der Waals surface area contributed by atoms with Gasteiger partial charge in [0.05, 0.1) is 12.7 Å². The van der Waals surface area contributed by atoms with Crippen LogP contribution in [-0.4, -0.2) is 37.4 Å². The number of rotatable bonds is 6. The van der Waals surface area contributed by atoms with Gasteiger partial charge in [-0.05, 0) is 18.8 Å². The predicted molar refractivity (Wildman–Crippen MR) is 68.7 cm³/mol. The van der Waals surface area contributed by atoms with Gasteiger partial charge >= 0.3 is 0 Å². The Morgan fingerprint density at radius 2 is 2.06 bits per heavy atom. The van der Waals surface area contributed by atoms with Crippen LogP contribution >= 0.6 is 0 Å². The average Bonchev–Trinajstić information content (AvgIpc) is 2.16. The molecule has 0 aliphatic carbocycles. The fourth-order valence-electron chi connectivity index (χ4n) is 1.10. The van der Waals surface area contributed by atoms with Gasteiger partial charge in [-0.1, -0.05) is 26.3 Å². The lowest BCUT2D eigenvalue weighted by Crippen LogP contribution is -2.27. The van der Waals surface area contributed by atoms with E-state index in [0.717, 1.165) is 5.57 Å². The van der Waals surface area contributed by atoms with Crippen molar-refractivity contribution in [2.75, 3.05) is 20.3 Å². The Bertz CT molecular complexity index is 266. The highest BCUT2D eigenvalue weighted by Crippen LogP contribution is 2.23. The van der Waals surface area contributed by atoms with E-state index in [-0.39, 0.29) is 11.3 Å². The Morgan fingerprint density at radius 3 is 2.53 bits per heavy atom. The minimum Gasteiger partial charge on any atom is -0.391 e. The molecule has 0 aliphatic rings. The van der Waals surface area contributed by atoms with E-state index in [9.17, 15) is 9.90 Å². The maximum Gasteiger partial charge on any atom is 0.243 e. The minimum atomic E-state index is -0.520. The summed E-state index contributed by atoms with van der Waals surface area (Å²) in [5.41, 5.74) is 1.04. The molecule has 0 aliphatic heterocycles. The zero-order chi connectivity index (χ0) is 13.5. The van der Waals surface area contributed by atoms with Crippen molar-refractivity contribution >= 4 is 5.91 Å². The molecular weight excluding hydrogens is 218 g/mol. The van der Waals surface area contributed by atoms with Gasteiger partial charge in [0, 0.05) is 19.7 Å². The van der Waals surface area contributed by atoms with Crippen molar-refractivity contribution in [2.45, 2.75) is 40.2 Å². The van der Waals surface area contributed by atoms with Crippen LogP contribution in [0.3, 0.4) is 0 Å². The lowest BCUT2D eigenvalue weighted by molar-refractivity contribution is -0.116. The van der Waals surface area contributed by atoms with Gasteiger partial charge in [0.15, 0.2) is 0 Å². The molecule has 1 atom stereocenters. The van der Waals surface area contributed by atoms with E-state index in [1.807, 2.05) is 6.92 Å². The number of carbonyl (C=O) groups excluding carboxylic acids is 1. The number of allylic oxidation sites excluding steroid dienone is 1. The largest absolute Gasteiger partial charge is 0.391 e. The molecule has 0 rings (SSSR count). The third-order valence-electron chi connectivity index (χ3n) is 2.67. The quantitative estimate of drug-likeness (QED) is 0.695. The van der Waals surface area contributed by atoms with E-state index in [0.29, 0.717) is 19.6 Å². The average molecular weight is 243 g/mol. The number of ether oxygens (including phenoxy) is 1. The molecule has 4 heteroatoms. The molecule has 100 valence electrons. The number of amides is 1. The Morgan fingerprint density at radius 1 is 1.47 bits per heavy atom. The first-order chi connectivity index (χ1) is 7.77. The normalized spacial score (nSPS) is 14.6. The molecule has 0 saturated heterocycles. The maximum absolute atomic E-state index is 11.5. The molecule has 1 unspecified atom stereocenters. The highest BCUT2D eigenvalue weighted by atomic mass is 16.5. The fraction of sp³-hybridized carbons (Fsp3) is 0.769. The standard InChI is InChI=1S/C13H25NO3/c1-10(13(2,3)4)8-12(16)14-7-6-11(15)9-17-5/h8,11,15H,6-7,9H2,1-5H3,(H,14,16)/b10-8-. The second kappa shape index (κ2) is 7.45. The van der Waals surface area contributed by atoms with Crippen molar-refractivity contribution in [3.05, 3.63) is 11.6 Å². The summed E-state index contributed by atoms with van der Waals surface area (Å²) in [6.45, 7) is 8.89. The van der Waals surface area contributed by atoms with Crippen LogP contribution in [0.1, 0.15) is 34.1 Å². The van der Waals surface area contributed by atoms with E-state index in [1.165, 1.54) is 7.11 Å². The molecule has 0 aromatic carbocycles. The summed E-state index contributed by atoms with van der Waals surface area (Å²) in [4.78, 5) is 11.5. The third kappa shape index (κ3) is 7.94. The molecule has 0 fully saturated rings. The molecular formula is C13H25NO3. The molecule has 0 heterocycles. The lowest BCUT2D eigenvalue weighted by atomic mass is 9.87. The van der Waals surface area contributed by atoms with Crippen LogP contribution in [0.25, 0.3) is 0 Å². The van der Waals surface area contributed by atoms with Crippen molar-refractivity contribution in [3.63, 3.8) is 0 Å². The molecule has 0 saturated carbocycles. The number of hydrogen-bond acceptors (Lipinski definition) is 3. The molecule has 0 bridgehead atoms. The third-order valence-corrected chi connectivity index (χ3v) is 2.67. The maximum atomic E-state index is 11.5. The SMILES string of the molecule is COCC(O)CCNC(=O)/C=C(/C)C(C)(C)C. The molecule has 1 amide bonds. The van der Waals surface area contributed by atoms with Crippen LogP contribution in [0.15, 0.2) is 11.6 Å². The highest BCUT2D eigenvalue weighted by molar-refractivity contribution is 5.88. The summed E-state index contributed by atoms with van der Waals surface area (Å²) in [6, 6.07) is 0. The van der Waals surface area contributed by atoms with Gasteiger partial charge < -0.3 is 15.2 Å². The van der Waals surface area contributed by atoms with Gasteiger partial charge in [-0.2, -0.15) is 0 Å². The van der Waals surface area contributed by atoms with Crippen molar-refractivity contribution in [3.8, 4) is 0 Å². The van der Waals surface area contributed by atoms with Gasteiger partial charge in [-0.3, -0.25) is 4.79 Å². The smallest absolute Gasteiger partial charge is 0.243 e. The summed E-state index contributed by atoms with van der Waals surface area (Å²) in [5.74, 6) is -0.109. The zero-order valence-corrected chi connectivity index (χ0v) is 11.5. The van der Waals surface area contributed by atoms with E-state index in [1.54, 1.807) is 6.08 Å². The van der Waals surface area contributed by atoms with E-state index >= 15 is 0 Å². The number of nitrogens with one attached hydrogen (secondary N) is 1. The van der Waals surface area contributed by atoms with Gasteiger partial charge in [-0.15, -0.1) is 0 Å². The Hall–Kier alpha value is -0.870. The van der Waals surface area contributed by atoms with Crippen LogP contribution in [-0.2, 0) is 9.53 Å². The van der Waals surface area contributed by atoms with E-state index in [4.69, 9.17) is 4.74 Å². The predicted octanol–water partition coefficient (Wildman–Crippen LogP) is 1.49. The Balaban J connectivity index is 3.96. The number of aliphatic hydroxyl groups excluding tert-OH is 1. The minimum absolute atomic E-state index is 0.00685. The number of hydrogen-bond donors (Lipinski definition) is 2.